The molecule has 1 aromatic rings. The van der Waals surface area contributed by atoms with Gasteiger partial charge in [-0.1, -0.05) is 6.07 Å². The third-order valence-electron chi connectivity index (χ3n) is 2.20. The summed E-state index contributed by atoms with van der Waals surface area (Å²) in [7, 11) is 0. The number of hydrogen-bond donors (Lipinski definition) is 3. The summed E-state index contributed by atoms with van der Waals surface area (Å²) in [6, 6.07) is 5.90. The van der Waals surface area contributed by atoms with Gasteiger partial charge in [-0.15, -0.1) is 0 Å². The first-order chi connectivity index (χ1) is 7.50. The number of rotatable bonds is 5. The van der Waals surface area contributed by atoms with E-state index in [2.05, 4.69) is 5.32 Å². The maximum Gasteiger partial charge on any atom is 0.271 e. The van der Waals surface area contributed by atoms with Crippen LogP contribution in [0.1, 0.15) is 6.92 Å². The topological polar surface area (TPSA) is 95.6 Å². The van der Waals surface area contributed by atoms with E-state index in [1.54, 1.807) is 13.0 Å². The van der Waals surface area contributed by atoms with Crippen molar-refractivity contribution in [3.05, 3.63) is 34.4 Å². The lowest BCUT2D eigenvalue weighted by atomic mass is 10.0. The molecule has 1 rings (SSSR count). The van der Waals surface area contributed by atoms with Crippen molar-refractivity contribution < 1.29 is 15.1 Å². The van der Waals surface area contributed by atoms with Crippen LogP contribution in [0.5, 0.6) is 0 Å². The van der Waals surface area contributed by atoms with Crippen molar-refractivity contribution in [1.29, 1.82) is 0 Å². The number of nitrogens with one attached hydrogen (secondary N) is 1. The summed E-state index contributed by atoms with van der Waals surface area (Å²) < 4.78 is 0. The Balaban J connectivity index is 2.89. The van der Waals surface area contributed by atoms with Crippen LogP contribution in [-0.4, -0.2) is 33.9 Å². The Hall–Kier alpha value is -1.66. The van der Waals surface area contributed by atoms with Crippen LogP contribution >= 0.6 is 0 Å². The predicted octanol–water partition coefficient (Wildman–Crippen LogP) is 0.750. The Labute approximate surface area is 92.7 Å². The van der Waals surface area contributed by atoms with E-state index in [4.69, 9.17) is 10.2 Å². The Bertz CT molecular complexity index is 377. The number of nitro benzene ring substituents is 1. The summed E-state index contributed by atoms with van der Waals surface area (Å²) in [4.78, 5) is 10.0. The van der Waals surface area contributed by atoms with Gasteiger partial charge in [-0.2, -0.15) is 0 Å². The number of nitro groups is 1. The average Bonchev–Trinajstić information content (AvgIpc) is 2.29. The highest BCUT2D eigenvalue weighted by Crippen LogP contribution is 2.20. The van der Waals surface area contributed by atoms with Gasteiger partial charge in [0.25, 0.3) is 5.69 Å². The van der Waals surface area contributed by atoms with Crippen LogP contribution in [0.3, 0.4) is 0 Å². The molecule has 0 aromatic heterocycles. The van der Waals surface area contributed by atoms with Crippen LogP contribution in [-0.2, 0) is 0 Å². The molecule has 0 aliphatic carbocycles. The van der Waals surface area contributed by atoms with E-state index in [0.717, 1.165) is 0 Å². The molecule has 3 N–H and O–H groups in total. The molecule has 0 spiro atoms. The van der Waals surface area contributed by atoms with E-state index >= 15 is 0 Å². The number of aliphatic hydroxyl groups is 2. The fourth-order valence-electron chi connectivity index (χ4n) is 1.17. The Kier molecular flexibility index (Phi) is 3.81. The van der Waals surface area contributed by atoms with E-state index in [9.17, 15) is 10.1 Å². The van der Waals surface area contributed by atoms with Crippen LogP contribution in [0.25, 0.3) is 0 Å². The van der Waals surface area contributed by atoms with E-state index in [0.29, 0.717) is 5.69 Å². The van der Waals surface area contributed by atoms with Crippen LogP contribution < -0.4 is 5.32 Å². The zero-order valence-corrected chi connectivity index (χ0v) is 8.88. The van der Waals surface area contributed by atoms with Gasteiger partial charge in [-0.3, -0.25) is 10.1 Å². The molecule has 0 fully saturated rings. The molecule has 0 atom stereocenters. The van der Waals surface area contributed by atoms with Crippen LogP contribution in [0.4, 0.5) is 11.4 Å². The molecule has 0 aliphatic rings. The quantitative estimate of drug-likeness (QED) is 0.508. The Morgan fingerprint density at radius 3 is 2.56 bits per heavy atom. The van der Waals surface area contributed by atoms with E-state index in [1.807, 2.05) is 0 Å². The summed E-state index contributed by atoms with van der Waals surface area (Å²) in [5, 5.41) is 31.5. The van der Waals surface area contributed by atoms with Gasteiger partial charge in [0.1, 0.15) is 0 Å². The third kappa shape index (κ3) is 2.91. The molecule has 0 bridgehead atoms. The van der Waals surface area contributed by atoms with Gasteiger partial charge in [-0.25, -0.2) is 0 Å². The molecule has 16 heavy (non-hydrogen) atoms. The monoisotopic (exact) mass is 226 g/mol. The van der Waals surface area contributed by atoms with Gasteiger partial charge in [0, 0.05) is 17.8 Å². The minimum Gasteiger partial charge on any atom is -0.394 e. The molecule has 0 aliphatic heterocycles. The smallest absolute Gasteiger partial charge is 0.271 e. The predicted molar refractivity (Wildman–Crippen MR) is 59.3 cm³/mol. The molecule has 0 saturated heterocycles. The normalized spacial score (nSPS) is 11.2. The van der Waals surface area contributed by atoms with E-state index in [1.165, 1.54) is 18.2 Å². The van der Waals surface area contributed by atoms with Crippen molar-refractivity contribution >= 4 is 11.4 Å². The molecule has 0 radical (unpaired) electrons. The molecule has 1 aromatic carbocycles. The highest BCUT2D eigenvalue weighted by molar-refractivity contribution is 5.52. The fraction of sp³-hybridized carbons (Fsp3) is 0.400. The Morgan fingerprint density at radius 1 is 1.44 bits per heavy atom. The molecular weight excluding hydrogens is 212 g/mol. The van der Waals surface area contributed by atoms with Crippen molar-refractivity contribution in [2.45, 2.75) is 12.5 Å². The molecule has 0 heterocycles. The second-order valence-electron chi connectivity index (χ2n) is 3.81. The maximum atomic E-state index is 10.5. The van der Waals surface area contributed by atoms with Crippen LogP contribution in [0.15, 0.2) is 24.3 Å². The molecule has 0 saturated carbocycles. The standard InChI is InChI=1S/C10H14N2O4/c1-10(6-13,7-14)11-8-3-2-4-9(5-8)12(15)16/h2-5,11,13-14H,6-7H2,1H3. The van der Waals surface area contributed by atoms with Gasteiger partial charge < -0.3 is 15.5 Å². The number of aliphatic hydroxyl groups excluding tert-OH is 2. The first-order valence-corrected chi connectivity index (χ1v) is 4.75. The number of benzene rings is 1. The zero-order valence-electron chi connectivity index (χ0n) is 8.88. The van der Waals surface area contributed by atoms with Gasteiger partial charge in [0.15, 0.2) is 0 Å². The second kappa shape index (κ2) is 4.91. The summed E-state index contributed by atoms with van der Waals surface area (Å²) in [5.74, 6) is 0. The average molecular weight is 226 g/mol. The molecule has 0 amide bonds. The van der Waals surface area contributed by atoms with Crippen LogP contribution in [0.2, 0.25) is 0 Å². The van der Waals surface area contributed by atoms with Gasteiger partial charge in [0.05, 0.1) is 23.7 Å². The molecule has 88 valence electrons. The summed E-state index contributed by atoms with van der Waals surface area (Å²) in [6.07, 6.45) is 0. The summed E-state index contributed by atoms with van der Waals surface area (Å²) in [5.41, 5.74) is -0.446. The lowest BCUT2D eigenvalue weighted by Gasteiger charge is -2.27. The molecule has 0 unspecified atom stereocenters. The summed E-state index contributed by atoms with van der Waals surface area (Å²) >= 11 is 0. The van der Waals surface area contributed by atoms with E-state index < -0.39 is 10.5 Å². The molecule has 6 nitrogen and oxygen atoms in total. The molecular formula is C10H14N2O4. The van der Waals surface area contributed by atoms with Gasteiger partial charge >= 0.3 is 0 Å². The highest BCUT2D eigenvalue weighted by Gasteiger charge is 2.22. The minimum absolute atomic E-state index is 0.0387. The van der Waals surface area contributed by atoms with Crippen molar-refractivity contribution in [2.75, 3.05) is 18.5 Å². The lowest BCUT2D eigenvalue weighted by Crippen LogP contribution is -2.42. The SMILES string of the molecule is CC(CO)(CO)Nc1cccc([N+](=O)[O-])c1. The Morgan fingerprint density at radius 2 is 2.06 bits per heavy atom. The zero-order chi connectivity index (χ0) is 12.2. The maximum absolute atomic E-state index is 10.5. The van der Waals surface area contributed by atoms with Gasteiger partial charge in [-0.05, 0) is 13.0 Å². The molecule has 6 heteroatoms. The minimum atomic E-state index is -0.894. The fourth-order valence-corrected chi connectivity index (χ4v) is 1.17. The number of anilines is 1. The first-order valence-electron chi connectivity index (χ1n) is 4.75. The van der Waals surface area contributed by atoms with Crippen LogP contribution in [0, 0.1) is 10.1 Å². The van der Waals surface area contributed by atoms with Gasteiger partial charge in [0.2, 0.25) is 0 Å². The van der Waals surface area contributed by atoms with Crippen molar-refractivity contribution in [3.8, 4) is 0 Å². The van der Waals surface area contributed by atoms with Crippen molar-refractivity contribution in [1.82, 2.24) is 0 Å². The lowest BCUT2D eigenvalue weighted by molar-refractivity contribution is -0.384. The highest BCUT2D eigenvalue weighted by atomic mass is 16.6. The van der Waals surface area contributed by atoms with E-state index in [-0.39, 0.29) is 18.9 Å². The number of hydrogen-bond acceptors (Lipinski definition) is 5. The first kappa shape index (κ1) is 12.4. The third-order valence-corrected chi connectivity index (χ3v) is 2.20. The summed E-state index contributed by atoms with van der Waals surface area (Å²) in [6.45, 7) is 1.07. The number of non-ortho nitro benzene ring substituents is 1. The largest absolute Gasteiger partial charge is 0.394 e. The van der Waals surface area contributed by atoms with Crippen molar-refractivity contribution in [2.24, 2.45) is 0 Å². The second-order valence-corrected chi connectivity index (χ2v) is 3.81. The van der Waals surface area contributed by atoms with Crippen molar-refractivity contribution in [3.63, 3.8) is 0 Å². The number of nitrogens with zero attached hydrogens (tertiary/aromatic N) is 1.